The lowest BCUT2D eigenvalue weighted by atomic mass is 10.2. The lowest BCUT2D eigenvalue weighted by Crippen LogP contribution is -2.30. The van der Waals surface area contributed by atoms with E-state index in [2.05, 4.69) is 4.99 Å². The minimum atomic E-state index is -1.01. The van der Waals surface area contributed by atoms with Gasteiger partial charge in [0.2, 0.25) is 0 Å². The topological polar surface area (TPSA) is 119 Å². The van der Waals surface area contributed by atoms with Crippen LogP contribution >= 0.6 is 0 Å². The van der Waals surface area contributed by atoms with Crippen molar-refractivity contribution in [1.82, 2.24) is 0 Å². The Labute approximate surface area is 91.2 Å². The molecule has 0 rings (SSSR count). The molecule has 2 atom stereocenters. The van der Waals surface area contributed by atoms with Crippen molar-refractivity contribution in [2.45, 2.75) is 18.9 Å². The lowest BCUT2D eigenvalue weighted by Gasteiger charge is -2.04. The first-order valence-corrected chi connectivity index (χ1v) is 6.23. The molecule has 0 aromatic rings. The molecule has 0 unspecified atom stereocenters. The molecule has 15 heavy (non-hydrogen) atoms. The number of nitrogens with two attached hydrogens (primary N) is 2. The van der Waals surface area contributed by atoms with Crippen molar-refractivity contribution >= 4 is 22.6 Å². The normalized spacial score (nSPS) is 16.0. The fourth-order valence-corrected chi connectivity index (χ4v) is 1.42. The number of aliphatic carboxylic acids is 1. The van der Waals surface area contributed by atoms with E-state index in [1.165, 1.54) is 0 Å². The van der Waals surface area contributed by atoms with Gasteiger partial charge in [-0.1, -0.05) is 0 Å². The van der Waals surface area contributed by atoms with Crippen molar-refractivity contribution in [2.24, 2.45) is 16.5 Å². The summed E-state index contributed by atoms with van der Waals surface area (Å²) in [5, 5.41) is 8.48. The molecule has 88 valence electrons. The Morgan fingerprint density at radius 3 is 2.67 bits per heavy atom. The van der Waals surface area contributed by atoms with Gasteiger partial charge in [-0.2, -0.15) is 0 Å². The van der Waals surface area contributed by atoms with Gasteiger partial charge in [0.15, 0.2) is 0 Å². The molecule has 6 nitrogen and oxygen atoms in total. The summed E-state index contributed by atoms with van der Waals surface area (Å²) in [4.78, 5) is 14.3. The fourth-order valence-electron chi connectivity index (χ4n) is 0.911. The Bertz CT molecular complexity index is 268. The molecule has 0 aliphatic carbocycles. The Hall–Kier alpha value is -0.950. The van der Waals surface area contributed by atoms with Gasteiger partial charge < -0.3 is 16.6 Å². The summed E-state index contributed by atoms with van der Waals surface area (Å²) in [5.41, 5.74) is 10.7. The SMILES string of the molecule is C[S@@](=O)CC(N)=NCCC[C@H](N)C(=O)O. The molecule has 0 saturated heterocycles. The smallest absolute Gasteiger partial charge is 0.320 e. The van der Waals surface area contributed by atoms with E-state index in [0.717, 1.165) is 0 Å². The number of hydrogen-bond donors (Lipinski definition) is 3. The lowest BCUT2D eigenvalue weighted by molar-refractivity contribution is -0.138. The Kier molecular flexibility index (Phi) is 6.89. The molecule has 0 bridgehead atoms. The van der Waals surface area contributed by atoms with E-state index < -0.39 is 22.8 Å². The number of carbonyl (C=O) groups is 1. The molecule has 7 heteroatoms. The highest BCUT2D eigenvalue weighted by Gasteiger charge is 2.09. The highest BCUT2D eigenvalue weighted by molar-refractivity contribution is 7.85. The first kappa shape index (κ1) is 14.1. The van der Waals surface area contributed by atoms with Crippen LogP contribution in [0, 0.1) is 0 Å². The first-order valence-electron chi connectivity index (χ1n) is 4.50. The van der Waals surface area contributed by atoms with Gasteiger partial charge in [0.25, 0.3) is 0 Å². The number of aliphatic imine (C=N–C) groups is 1. The predicted molar refractivity (Wildman–Crippen MR) is 60.3 cm³/mol. The van der Waals surface area contributed by atoms with Gasteiger partial charge in [-0.15, -0.1) is 0 Å². The summed E-state index contributed by atoms with van der Waals surface area (Å²) in [6, 6.07) is -0.846. The number of rotatable bonds is 7. The third kappa shape index (κ3) is 8.07. The summed E-state index contributed by atoms with van der Waals surface area (Å²) >= 11 is 0. The van der Waals surface area contributed by atoms with Crippen LogP contribution in [-0.4, -0.2) is 45.7 Å². The van der Waals surface area contributed by atoms with Crippen LogP contribution < -0.4 is 11.5 Å². The molecule has 0 heterocycles. The summed E-state index contributed by atoms with van der Waals surface area (Å²) in [6.45, 7) is 0.421. The molecule has 0 aromatic heterocycles. The van der Waals surface area contributed by atoms with E-state index in [9.17, 15) is 9.00 Å². The molecule has 0 saturated carbocycles. The number of nitrogens with zero attached hydrogens (tertiary/aromatic N) is 1. The molecule has 0 spiro atoms. The summed E-state index contributed by atoms with van der Waals surface area (Å²) in [5.74, 6) is -0.424. The molecule has 0 aliphatic heterocycles. The average Bonchev–Trinajstić information content (AvgIpc) is 2.10. The highest BCUT2D eigenvalue weighted by atomic mass is 32.2. The maximum absolute atomic E-state index is 10.7. The summed E-state index contributed by atoms with van der Waals surface area (Å²) in [6.07, 6.45) is 2.47. The average molecular weight is 235 g/mol. The van der Waals surface area contributed by atoms with E-state index in [4.69, 9.17) is 16.6 Å². The van der Waals surface area contributed by atoms with Gasteiger partial charge in [-0.05, 0) is 12.8 Å². The second-order valence-corrected chi connectivity index (χ2v) is 4.61. The van der Waals surface area contributed by atoms with Crippen molar-refractivity contribution in [2.75, 3.05) is 18.6 Å². The van der Waals surface area contributed by atoms with Crippen molar-refractivity contribution in [3.63, 3.8) is 0 Å². The van der Waals surface area contributed by atoms with Crippen molar-refractivity contribution in [3.05, 3.63) is 0 Å². The summed E-state index contributed by atoms with van der Waals surface area (Å²) < 4.78 is 10.7. The monoisotopic (exact) mass is 235 g/mol. The van der Waals surface area contributed by atoms with Gasteiger partial charge >= 0.3 is 5.97 Å². The third-order valence-corrected chi connectivity index (χ3v) is 2.36. The van der Waals surface area contributed by atoms with E-state index in [0.29, 0.717) is 25.2 Å². The van der Waals surface area contributed by atoms with E-state index in [1.54, 1.807) is 6.26 Å². The molecule has 0 fully saturated rings. The minimum absolute atomic E-state index is 0.255. The first-order chi connectivity index (χ1) is 6.93. The predicted octanol–water partition coefficient (Wildman–Crippen LogP) is -1.09. The largest absolute Gasteiger partial charge is 0.480 e. The van der Waals surface area contributed by atoms with Gasteiger partial charge in [-0.3, -0.25) is 14.0 Å². The highest BCUT2D eigenvalue weighted by Crippen LogP contribution is 1.95. The van der Waals surface area contributed by atoms with Gasteiger partial charge in [-0.25, -0.2) is 0 Å². The molecule has 0 aliphatic rings. The van der Waals surface area contributed by atoms with E-state index in [1.807, 2.05) is 0 Å². The van der Waals surface area contributed by atoms with Crippen molar-refractivity contribution in [1.29, 1.82) is 0 Å². The third-order valence-electron chi connectivity index (χ3n) is 1.66. The van der Waals surface area contributed by atoms with Crippen LogP contribution in [0.3, 0.4) is 0 Å². The summed E-state index contributed by atoms with van der Waals surface area (Å²) in [7, 11) is -0.992. The number of hydrogen-bond acceptors (Lipinski definition) is 4. The number of amidine groups is 1. The zero-order valence-electron chi connectivity index (χ0n) is 8.68. The van der Waals surface area contributed by atoms with Crippen LogP contribution in [0.25, 0.3) is 0 Å². The minimum Gasteiger partial charge on any atom is -0.480 e. The van der Waals surface area contributed by atoms with Crippen LogP contribution in [0.2, 0.25) is 0 Å². The zero-order chi connectivity index (χ0) is 11.8. The molecular weight excluding hydrogens is 218 g/mol. The van der Waals surface area contributed by atoms with Crippen molar-refractivity contribution in [3.8, 4) is 0 Å². The van der Waals surface area contributed by atoms with Crippen molar-refractivity contribution < 1.29 is 14.1 Å². The van der Waals surface area contributed by atoms with E-state index >= 15 is 0 Å². The van der Waals surface area contributed by atoms with Gasteiger partial charge in [0, 0.05) is 23.6 Å². The molecule has 0 radical (unpaired) electrons. The Balaban J connectivity index is 3.69. The maximum atomic E-state index is 10.7. The zero-order valence-corrected chi connectivity index (χ0v) is 9.50. The van der Waals surface area contributed by atoms with Crippen LogP contribution in [0.15, 0.2) is 4.99 Å². The van der Waals surface area contributed by atoms with Crippen LogP contribution in [0.1, 0.15) is 12.8 Å². The van der Waals surface area contributed by atoms with Gasteiger partial charge in [0.1, 0.15) is 11.9 Å². The molecule has 0 amide bonds. The van der Waals surface area contributed by atoms with Crippen LogP contribution in [0.4, 0.5) is 0 Å². The van der Waals surface area contributed by atoms with Crippen LogP contribution in [-0.2, 0) is 15.6 Å². The fraction of sp³-hybridized carbons (Fsp3) is 0.750. The molecule has 0 aromatic carbocycles. The Morgan fingerprint density at radius 2 is 2.20 bits per heavy atom. The maximum Gasteiger partial charge on any atom is 0.320 e. The van der Waals surface area contributed by atoms with Gasteiger partial charge in [0.05, 0.1) is 5.75 Å². The number of carboxylic acids is 1. The molecule has 5 N–H and O–H groups in total. The Morgan fingerprint density at radius 1 is 1.60 bits per heavy atom. The standard InChI is InChI=1S/C8H17N3O3S/c1-15(14)5-7(10)11-4-2-3-6(9)8(12)13/h6H,2-5,9H2,1H3,(H2,10,11)(H,12,13)/t6-,15+/m0/s1. The number of carboxylic acid groups (broad SMARTS) is 1. The molecular formula is C8H17N3O3S. The van der Waals surface area contributed by atoms with Crippen LogP contribution in [0.5, 0.6) is 0 Å². The van der Waals surface area contributed by atoms with E-state index in [-0.39, 0.29) is 5.75 Å². The second-order valence-electron chi connectivity index (χ2n) is 3.18. The second kappa shape index (κ2) is 7.36. The quantitative estimate of drug-likeness (QED) is 0.294.